The van der Waals surface area contributed by atoms with Crippen molar-refractivity contribution in [2.45, 2.75) is 12.6 Å². The van der Waals surface area contributed by atoms with Gasteiger partial charge in [0.15, 0.2) is 0 Å². The number of aromatic nitrogens is 2. The van der Waals surface area contributed by atoms with E-state index >= 15 is 13.2 Å². The van der Waals surface area contributed by atoms with Crippen LogP contribution in [0.3, 0.4) is 0 Å². The van der Waals surface area contributed by atoms with Crippen molar-refractivity contribution in [3.63, 3.8) is 0 Å². The Morgan fingerprint density at radius 2 is 0.786 bits per heavy atom. The Kier molecular flexibility index (Phi) is 12.7. The summed E-state index contributed by atoms with van der Waals surface area (Å²) < 4.78 is 52.4. The second-order valence-electron chi connectivity index (χ2n) is 19.9. The van der Waals surface area contributed by atoms with E-state index in [0.29, 0.717) is 93.7 Å². The van der Waals surface area contributed by atoms with Gasteiger partial charge in [0.1, 0.15) is 0 Å². The Bertz CT molecular complexity index is 5100. The van der Waals surface area contributed by atoms with Gasteiger partial charge >= 0.3 is 6.18 Å². The van der Waals surface area contributed by atoms with Gasteiger partial charge in [-0.25, -0.2) is 0 Å². The first-order valence-corrected chi connectivity index (χ1v) is 25.8. The third-order valence-corrected chi connectivity index (χ3v) is 15.3. The minimum Gasteiger partial charge on any atom is -0.307 e. The van der Waals surface area contributed by atoms with Gasteiger partial charge in [-0.1, -0.05) is 66.7 Å². The number of allylic oxidation sites excluding steroid dienone is 4. The molecule has 0 spiro atoms. The molecule has 0 bridgehead atoms. The predicted molar refractivity (Wildman–Crippen MR) is 310 cm³/mol. The summed E-state index contributed by atoms with van der Waals surface area (Å²) in [5.74, 6) is -0.518. The SMILES string of the molecule is N#CC1=C(c2ccc3c(c2)c2cc(-c4ccc(C#N)cc4C#N)ccc2n3-c2cc(-c3cccc(C#N)c3)c(C(F)(F)F)cc2-n2c3ccc(-c4ccc(C#N)cc4C#N)cc3c3cc(-c4ccc(C#N)cc4C#N)ccc32)C=CC(C#N)C1. The summed E-state index contributed by atoms with van der Waals surface area (Å²) in [5, 5.41) is 92.9. The molecule has 0 saturated carbocycles. The van der Waals surface area contributed by atoms with Crippen molar-refractivity contribution in [1.29, 1.82) is 47.4 Å². The van der Waals surface area contributed by atoms with Crippen LogP contribution in [0.4, 0.5) is 13.2 Å². The van der Waals surface area contributed by atoms with E-state index in [-0.39, 0.29) is 67.9 Å². The van der Waals surface area contributed by atoms with Crippen LogP contribution in [0.5, 0.6) is 0 Å². The highest BCUT2D eigenvalue weighted by Crippen LogP contribution is 2.47. The zero-order valence-corrected chi connectivity index (χ0v) is 43.6. The predicted octanol–water partition coefficient (Wildman–Crippen LogP) is 16.0. The van der Waals surface area contributed by atoms with Crippen LogP contribution in [-0.4, -0.2) is 9.13 Å². The molecule has 84 heavy (non-hydrogen) atoms. The van der Waals surface area contributed by atoms with Crippen LogP contribution in [0.1, 0.15) is 56.5 Å². The summed E-state index contributed by atoms with van der Waals surface area (Å²) in [6.07, 6.45) is -1.31. The maximum absolute atomic E-state index is 16.3. The molecule has 2 heterocycles. The van der Waals surface area contributed by atoms with Crippen molar-refractivity contribution in [3.8, 4) is 111 Å². The maximum Gasteiger partial charge on any atom is 0.417 e. The molecule has 11 nitrogen and oxygen atoms in total. The van der Waals surface area contributed by atoms with Crippen molar-refractivity contribution in [3.05, 3.63) is 232 Å². The molecule has 0 amide bonds. The zero-order valence-electron chi connectivity index (χ0n) is 43.6. The highest BCUT2D eigenvalue weighted by molar-refractivity contribution is 6.14. The van der Waals surface area contributed by atoms with Crippen LogP contribution in [0, 0.1) is 108 Å². The normalized spacial score (nSPS) is 12.8. The average molecular weight is 1080 g/mol. The summed E-state index contributed by atoms with van der Waals surface area (Å²) >= 11 is 0. The minimum absolute atomic E-state index is 0.0632. The van der Waals surface area contributed by atoms with Gasteiger partial charge in [-0.05, 0) is 165 Å². The van der Waals surface area contributed by atoms with E-state index in [4.69, 9.17) is 0 Å². The first-order chi connectivity index (χ1) is 40.8. The first kappa shape index (κ1) is 52.0. The minimum atomic E-state index is -4.98. The van der Waals surface area contributed by atoms with E-state index < -0.39 is 17.7 Å². The monoisotopic (exact) mass is 1080 g/mol. The van der Waals surface area contributed by atoms with Gasteiger partial charge in [-0.2, -0.15) is 60.5 Å². The quantitative estimate of drug-likeness (QED) is 0.148. The molecule has 11 aromatic rings. The van der Waals surface area contributed by atoms with Crippen LogP contribution in [0.2, 0.25) is 0 Å². The Balaban J connectivity index is 1.23. The number of hydrogen-bond donors (Lipinski definition) is 0. The number of rotatable bonds is 7. The van der Waals surface area contributed by atoms with Crippen LogP contribution in [0.15, 0.2) is 182 Å². The van der Waals surface area contributed by atoms with E-state index in [1.54, 1.807) is 83.4 Å². The van der Waals surface area contributed by atoms with E-state index in [9.17, 15) is 47.4 Å². The van der Waals surface area contributed by atoms with Gasteiger partial charge in [-0.3, -0.25) is 0 Å². The lowest BCUT2D eigenvalue weighted by Gasteiger charge is -2.22. The number of hydrogen-bond acceptors (Lipinski definition) is 9. The van der Waals surface area contributed by atoms with E-state index in [0.717, 1.165) is 6.07 Å². The first-order valence-electron chi connectivity index (χ1n) is 25.8. The Labute approximate surface area is 477 Å². The number of benzene rings is 9. The van der Waals surface area contributed by atoms with Crippen molar-refractivity contribution in [2.75, 3.05) is 0 Å². The molecule has 0 radical (unpaired) electrons. The van der Waals surface area contributed by atoms with Gasteiger partial charge in [0.2, 0.25) is 0 Å². The second-order valence-corrected chi connectivity index (χ2v) is 19.9. The number of nitriles is 9. The van der Waals surface area contributed by atoms with Crippen LogP contribution < -0.4 is 0 Å². The molecule has 0 fully saturated rings. The topological polar surface area (TPSA) is 224 Å². The Hall–Kier alpha value is -12.7. The summed E-state index contributed by atoms with van der Waals surface area (Å²) in [6.45, 7) is 0. The van der Waals surface area contributed by atoms with E-state index in [1.807, 2.05) is 47.0 Å². The van der Waals surface area contributed by atoms with Crippen LogP contribution in [-0.2, 0) is 6.18 Å². The molecule has 9 aromatic carbocycles. The maximum atomic E-state index is 16.3. The molecule has 12 rings (SSSR count). The van der Waals surface area contributed by atoms with Gasteiger partial charge in [0.25, 0.3) is 0 Å². The van der Waals surface area contributed by atoms with Crippen molar-refractivity contribution < 1.29 is 13.2 Å². The highest BCUT2D eigenvalue weighted by Gasteiger charge is 2.36. The third-order valence-electron chi connectivity index (χ3n) is 15.3. The van der Waals surface area contributed by atoms with E-state index in [1.165, 1.54) is 48.5 Å². The summed E-state index contributed by atoms with van der Waals surface area (Å²) in [4.78, 5) is 0. The van der Waals surface area contributed by atoms with E-state index in [2.05, 4.69) is 54.6 Å². The summed E-state index contributed by atoms with van der Waals surface area (Å²) in [5.41, 5.74) is 7.59. The number of alkyl halides is 3. The van der Waals surface area contributed by atoms with Gasteiger partial charge in [0, 0.05) is 33.5 Å². The van der Waals surface area contributed by atoms with Gasteiger partial charge in [-0.15, -0.1) is 0 Å². The molecular formula is C70H32F3N11. The molecule has 1 atom stereocenters. The fourth-order valence-corrected chi connectivity index (χ4v) is 11.5. The number of nitrogens with zero attached hydrogens (tertiary/aromatic N) is 11. The molecule has 1 aliphatic carbocycles. The number of halogens is 3. The smallest absolute Gasteiger partial charge is 0.307 e. The van der Waals surface area contributed by atoms with Crippen LogP contribution in [0.25, 0.3) is 105 Å². The summed E-state index contributed by atoms with van der Waals surface area (Å²) in [7, 11) is 0. The Morgan fingerprint density at radius 1 is 0.381 bits per heavy atom. The lowest BCUT2D eigenvalue weighted by molar-refractivity contribution is -0.137. The lowest BCUT2D eigenvalue weighted by atomic mass is 9.87. The average Bonchev–Trinajstić information content (AvgIpc) is 1.72. The molecule has 0 aliphatic heterocycles. The largest absolute Gasteiger partial charge is 0.417 e. The molecule has 0 N–H and O–H groups in total. The zero-order chi connectivity index (χ0) is 58.6. The van der Waals surface area contributed by atoms with Gasteiger partial charge in [0.05, 0.1) is 138 Å². The number of fused-ring (bicyclic) bond motifs is 6. The lowest BCUT2D eigenvalue weighted by Crippen LogP contribution is -2.12. The molecule has 1 aliphatic rings. The molecule has 14 heteroatoms. The third kappa shape index (κ3) is 8.64. The van der Waals surface area contributed by atoms with Gasteiger partial charge < -0.3 is 9.13 Å². The van der Waals surface area contributed by atoms with Crippen molar-refractivity contribution in [1.82, 2.24) is 9.13 Å². The van der Waals surface area contributed by atoms with Crippen LogP contribution >= 0.6 is 0 Å². The van der Waals surface area contributed by atoms with Crippen molar-refractivity contribution >= 4 is 49.2 Å². The molecule has 2 aromatic heterocycles. The fourth-order valence-electron chi connectivity index (χ4n) is 11.5. The highest BCUT2D eigenvalue weighted by atomic mass is 19.4. The standard InChI is InChI=1S/C70H32F3N11/c71-70(72,73)63-30-69(84-66-18-10-48(56-14-6-43(34-77)23-52(56)38-81)27-61(66)62-28-49(11-19-67(62)84)57-15-7-44(35-78)24-53(57)39-82)68(29-58(63)45-3-1-2-40(20-45)31-74)83-64-16-8-46(54-12-4-41(32-75)21-50(54)36-79)25-59(64)60-26-47(9-17-65(60)83)55-13-5-42(33-76)22-51(55)37-80/h1-21,23-30,42H,22H2. The molecule has 388 valence electrons. The molecular weight excluding hydrogens is 1050 g/mol. The van der Waals surface area contributed by atoms with Crippen molar-refractivity contribution in [2.24, 2.45) is 5.92 Å². The molecule has 1 unspecified atom stereocenters. The summed E-state index contributed by atoms with van der Waals surface area (Å²) in [6, 6.07) is 63.9. The fraction of sp³-hybridized carbons (Fsp3) is 0.0429. The molecule has 0 saturated heterocycles. The second kappa shape index (κ2) is 20.5. The Morgan fingerprint density at radius 3 is 1.19 bits per heavy atom.